The lowest BCUT2D eigenvalue weighted by atomic mass is 10.1. The zero-order valence-electron chi connectivity index (χ0n) is 13.5. The van der Waals surface area contributed by atoms with Gasteiger partial charge in [-0.25, -0.2) is 0 Å². The second kappa shape index (κ2) is 7.62. The third-order valence-electron chi connectivity index (χ3n) is 4.07. The number of amides is 1. The lowest BCUT2D eigenvalue weighted by Gasteiger charge is -2.21. The van der Waals surface area contributed by atoms with E-state index in [0.717, 1.165) is 54.9 Å². The Morgan fingerprint density at radius 2 is 2.09 bits per heavy atom. The van der Waals surface area contributed by atoms with Crippen LogP contribution in [0.4, 0.5) is 0 Å². The van der Waals surface area contributed by atoms with Crippen LogP contribution < -0.4 is 10.1 Å². The first kappa shape index (κ1) is 17.5. The van der Waals surface area contributed by atoms with Crippen molar-refractivity contribution in [1.29, 1.82) is 0 Å². The van der Waals surface area contributed by atoms with E-state index in [1.807, 2.05) is 36.1 Å². The zero-order chi connectivity index (χ0) is 15.5. The molecule has 1 aliphatic rings. The smallest absolute Gasteiger partial charge is 0.255 e. The van der Waals surface area contributed by atoms with Gasteiger partial charge in [0.25, 0.3) is 5.91 Å². The quantitative estimate of drug-likeness (QED) is 0.915. The average molecular weight is 336 g/mol. The predicted molar refractivity (Wildman–Crippen MR) is 93.7 cm³/mol. The van der Waals surface area contributed by atoms with Crippen LogP contribution in [0.25, 0.3) is 10.9 Å². The first-order valence-electron chi connectivity index (χ1n) is 7.64. The van der Waals surface area contributed by atoms with Crippen molar-refractivity contribution in [1.82, 2.24) is 15.2 Å². The summed E-state index contributed by atoms with van der Waals surface area (Å²) in [5.74, 6) is 0.850. The summed E-state index contributed by atoms with van der Waals surface area (Å²) in [6.07, 6.45) is 0.989. The van der Waals surface area contributed by atoms with Crippen LogP contribution in [0.1, 0.15) is 22.5 Å². The van der Waals surface area contributed by atoms with Gasteiger partial charge in [0.05, 0.1) is 23.9 Å². The largest absolute Gasteiger partial charge is 0.497 e. The van der Waals surface area contributed by atoms with Crippen LogP contribution in [-0.2, 0) is 0 Å². The minimum Gasteiger partial charge on any atom is -0.497 e. The first-order valence-corrected chi connectivity index (χ1v) is 7.64. The normalized spacial score (nSPS) is 15.0. The Morgan fingerprint density at radius 3 is 2.87 bits per heavy atom. The molecule has 0 atom stereocenters. The maximum Gasteiger partial charge on any atom is 0.255 e. The van der Waals surface area contributed by atoms with Gasteiger partial charge in [-0.15, -0.1) is 12.4 Å². The molecule has 1 saturated heterocycles. The number of hydrogen-bond acceptors (Lipinski definition) is 4. The number of ether oxygens (including phenoxy) is 1. The molecule has 2 heterocycles. The van der Waals surface area contributed by atoms with Gasteiger partial charge in [-0.3, -0.25) is 9.78 Å². The van der Waals surface area contributed by atoms with Crippen LogP contribution in [-0.4, -0.2) is 49.1 Å². The second-order valence-corrected chi connectivity index (χ2v) is 5.58. The van der Waals surface area contributed by atoms with Gasteiger partial charge in [-0.05, 0) is 38.1 Å². The number of hydrogen-bond donors (Lipinski definition) is 1. The number of nitrogens with zero attached hydrogens (tertiary/aromatic N) is 2. The van der Waals surface area contributed by atoms with Gasteiger partial charge >= 0.3 is 0 Å². The molecule has 3 rings (SSSR count). The van der Waals surface area contributed by atoms with Gasteiger partial charge in [0, 0.05) is 31.1 Å². The molecule has 1 amide bonds. The van der Waals surface area contributed by atoms with Gasteiger partial charge in [0.1, 0.15) is 5.75 Å². The van der Waals surface area contributed by atoms with Crippen LogP contribution >= 0.6 is 12.4 Å². The molecule has 0 saturated carbocycles. The Hall–Kier alpha value is -1.85. The third-order valence-corrected chi connectivity index (χ3v) is 4.07. The van der Waals surface area contributed by atoms with Crippen molar-refractivity contribution in [2.75, 3.05) is 33.3 Å². The Kier molecular flexibility index (Phi) is 5.80. The van der Waals surface area contributed by atoms with E-state index >= 15 is 0 Å². The molecule has 5 nitrogen and oxygen atoms in total. The van der Waals surface area contributed by atoms with Crippen molar-refractivity contribution < 1.29 is 9.53 Å². The van der Waals surface area contributed by atoms with E-state index in [4.69, 9.17) is 4.74 Å². The number of rotatable bonds is 2. The van der Waals surface area contributed by atoms with Crippen LogP contribution in [0, 0.1) is 6.92 Å². The Labute approximate surface area is 142 Å². The minimum atomic E-state index is 0. The number of carbonyl (C=O) groups excluding carboxylic acids is 1. The topological polar surface area (TPSA) is 54.5 Å². The molecule has 1 fully saturated rings. The standard InChI is InChI=1S/C17H21N3O2.ClH/c1-12-15(17(21)20-8-3-6-18-7-9-20)10-13-4-5-14(22-2)11-16(13)19-12;/h4-5,10-11,18H,3,6-9H2,1-2H3;1H. The van der Waals surface area contributed by atoms with Gasteiger partial charge in [0.2, 0.25) is 0 Å². The number of aromatic nitrogens is 1. The van der Waals surface area contributed by atoms with Gasteiger partial charge in [0.15, 0.2) is 0 Å². The van der Waals surface area contributed by atoms with Gasteiger partial charge in [-0.1, -0.05) is 0 Å². The highest BCUT2D eigenvalue weighted by Crippen LogP contribution is 2.22. The lowest BCUT2D eigenvalue weighted by molar-refractivity contribution is 0.0765. The summed E-state index contributed by atoms with van der Waals surface area (Å²) in [6, 6.07) is 7.68. The molecule has 1 aromatic carbocycles. The molecular formula is C17H22ClN3O2. The number of methoxy groups -OCH3 is 1. The van der Waals surface area contributed by atoms with E-state index in [1.54, 1.807) is 7.11 Å². The fourth-order valence-electron chi connectivity index (χ4n) is 2.81. The van der Waals surface area contributed by atoms with E-state index < -0.39 is 0 Å². The van der Waals surface area contributed by atoms with Crippen molar-refractivity contribution in [3.8, 4) is 5.75 Å². The van der Waals surface area contributed by atoms with E-state index in [-0.39, 0.29) is 18.3 Å². The fourth-order valence-corrected chi connectivity index (χ4v) is 2.81. The Morgan fingerprint density at radius 1 is 1.26 bits per heavy atom. The highest BCUT2D eigenvalue weighted by Gasteiger charge is 2.20. The number of halogens is 1. The van der Waals surface area contributed by atoms with Crippen molar-refractivity contribution in [3.63, 3.8) is 0 Å². The van der Waals surface area contributed by atoms with E-state index in [2.05, 4.69) is 10.3 Å². The van der Waals surface area contributed by atoms with Crippen molar-refractivity contribution in [3.05, 3.63) is 35.5 Å². The number of pyridine rings is 1. The van der Waals surface area contributed by atoms with Crippen LogP contribution in [0.15, 0.2) is 24.3 Å². The predicted octanol–water partition coefficient (Wildman–Crippen LogP) is 2.41. The number of carbonyl (C=O) groups is 1. The van der Waals surface area contributed by atoms with Crippen LogP contribution in [0.3, 0.4) is 0 Å². The van der Waals surface area contributed by atoms with Gasteiger partial charge < -0.3 is 15.0 Å². The minimum absolute atomic E-state index is 0. The molecule has 1 aliphatic heterocycles. The highest BCUT2D eigenvalue weighted by molar-refractivity contribution is 5.98. The summed E-state index contributed by atoms with van der Waals surface area (Å²) in [6.45, 7) is 5.26. The first-order chi connectivity index (χ1) is 10.7. The Bertz CT molecular complexity index is 698. The molecule has 0 bridgehead atoms. The van der Waals surface area contributed by atoms with Crippen LogP contribution in [0.2, 0.25) is 0 Å². The summed E-state index contributed by atoms with van der Waals surface area (Å²) in [5.41, 5.74) is 2.31. The number of benzene rings is 1. The molecule has 124 valence electrons. The monoisotopic (exact) mass is 335 g/mol. The molecule has 1 aromatic heterocycles. The number of aryl methyl sites for hydroxylation is 1. The summed E-state index contributed by atoms with van der Waals surface area (Å²) in [7, 11) is 1.64. The number of nitrogens with one attached hydrogen (secondary N) is 1. The SMILES string of the molecule is COc1ccc2cc(C(=O)N3CCCNCC3)c(C)nc2c1.Cl. The summed E-state index contributed by atoms with van der Waals surface area (Å²) in [4.78, 5) is 19.3. The fraction of sp³-hybridized carbons (Fsp3) is 0.412. The average Bonchev–Trinajstić information content (AvgIpc) is 2.82. The van der Waals surface area contributed by atoms with E-state index in [0.29, 0.717) is 5.56 Å². The van der Waals surface area contributed by atoms with Gasteiger partial charge in [-0.2, -0.15) is 0 Å². The molecule has 0 unspecified atom stereocenters. The van der Waals surface area contributed by atoms with Crippen LogP contribution in [0.5, 0.6) is 5.75 Å². The Balaban J connectivity index is 0.00000192. The zero-order valence-corrected chi connectivity index (χ0v) is 14.3. The maximum absolute atomic E-state index is 12.8. The molecule has 6 heteroatoms. The summed E-state index contributed by atoms with van der Waals surface area (Å²) >= 11 is 0. The molecule has 0 aliphatic carbocycles. The van der Waals surface area contributed by atoms with E-state index in [1.165, 1.54) is 0 Å². The summed E-state index contributed by atoms with van der Waals surface area (Å²) in [5, 5.41) is 4.28. The maximum atomic E-state index is 12.8. The summed E-state index contributed by atoms with van der Waals surface area (Å²) < 4.78 is 5.23. The number of fused-ring (bicyclic) bond motifs is 1. The van der Waals surface area contributed by atoms with Crippen molar-refractivity contribution in [2.45, 2.75) is 13.3 Å². The molecule has 0 spiro atoms. The molecule has 0 radical (unpaired) electrons. The third kappa shape index (κ3) is 3.74. The lowest BCUT2D eigenvalue weighted by Crippen LogP contribution is -2.34. The molecule has 1 N–H and O–H groups in total. The van der Waals surface area contributed by atoms with Crippen molar-refractivity contribution >= 4 is 29.2 Å². The van der Waals surface area contributed by atoms with E-state index in [9.17, 15) is 4.79 Å². The molecular weight excluding hydrogens is 314 g/mol. The highest BCUT2D eigenvalue weighted by atomic mass is 35.5. The molecule has 23 heavy (non-hydrogen) atoms. The molecule has 2 aromatic rings. The van der Waals surface area contributed by atoms with Crippen molar-refractivity contribution in [2.24, 2.45) is 0 Å². The second-order valence-electron chi connectivity index (χ2n) is 5.58.